The van der Waals surface area contributed by atoms with Gasteiger partial charge in [0.15, 0.2) is 0 Å². The Bertz CT molecular complexity index is 384. The summed E-state index contributed by atoms with van der Waals surface area (Å²) in [5.41, 5.74) is 4.01. The van der Waals surface area contributed by atoms with Crippen molar-refractivity contribution in [3.05, 3.63) is 34.9 Å². The summed E-state index contributed by atoms with van der Waals surface area (Å²) < 4.78 is 0. The second-order valence-electron chi connectivity index (χ2n) is 5.48. The number of benzene rings is 1. The summed E-state index contributed by atoms with van der Waals surface area (Å²) in [6.45, 7) is 6.39. The number of nitrogens with one attached hydrogen (secondary N) is 1. The van der Waals surface area contributed by atoms with Crippen molar-refractivity contribution in [2.45, 2.75) is 45.2 Å². The van der Waals surface area contributed by atoms with Gasteiger partial charge in [0.2, 0.25) is 0 Å². The van der Waals surface area contributed by atoms with E-state index in [-0.39, 0.29) is 12.1 Å². The van der Waals surface area contributed by atoms with E-state index in [1.54, 1.807) is 0 Å². The van der Waals surface area contributed by atoms with Gasteiger partial charge in [0.05, 0.1) is 6.61 Å². The van der Waals surface area contributed by atoms with Crippen LogP contribution >= 0.6 is 0 Å². The zero-order valence-electron chi connectivity index (χ0n) is 10.4. The first-order valence-corrected chi connectivity index (χ1v) is 6.00. The van der Waals surface area contributed by atoms with E-state index < -0.39 is 0 Å². The van der Waals surface area contributed by atoms with Crippen molar-refractivity contribution in [2.24, 2.45) is 0 Å². The molecule has 0 heterocycles. The molecular weight excluding hydrogens is 198 g/mol. The largest absolute Gasteiger partial charge is 0.394 e. The molecule has 88 valence electrons. The van der Waals surface area contributed by atoms with E-state index in [1.165, 1.54) is 16.7 Å². The average molecular weight is 219 g/mol. The maximum atomic E-state index is 9.28. The summed E-state index contributed by atoms with van der Waals surface area (Å²) in [5.74, 6) is 0. The van der Waals surface area contributed by atoms with Crippen molar-refractivity contribution in [2.75, 3.05) is 6.61 Å². The van der Waals surface area contributed by atoms with Crippen LogP contribution in [-0.2, 0) is 6.42 Å². The number of aliphatic hydroxyl groups is 1. The van der Waals surface area contributed by atoms with E-state index in [1.807, 2.05) is 13.8 Å². The second kappa shape index (κ2) is 4.19. The predicted octanol–water partition coefficient (Wildman–Crippen LogP) is 2.34. The molecule has 16 heavy (non-hydrogen) atoms. The van der Waals surface area contributed by atoms with Crippen LogP contribution in [0.5, 0.6) is 0 Å². The smallest absolute Gasteiger partial charge is 0.0608 e. The Morgan fingerprint density at radius 3 is 2.88 bits per heavy atom. The number of fused-ring (bicyclic) bond motifs is 1. The maximum Gasteiger partial charge on any atom is 0.0608 e. The predicted molar refractivity (Wildman–Crippen MR) is 66.5 cm³/mol. The van der Waals surface area contributed by atoms with Crippen molar-refractivity contribution in [1.82, 2.24) is 5.32 Å². The minimum atomic E-state index is -0.197. The van der Waals surface area contributed by atoms with Crippen LogP contribution in [0.4, 0.5) is 0 Å². The minimum absolute atomic E-state index is 0.171. The number of aryl methyl sites for hydroxylation is 2. The van der Waals surface area contributed by atoms with Crippen LogP contribution in [0.15, 0.2) is 18.2 Å². The number of hydrogen-bond donors (Lipinski definition) is 2. The van der Waals surface area contributed by atoms with Crippen LogP contribution in [-0.4, -0.2) is 17.3 Å². The maximum absolute atomic E-state index is 9.28. The minimum Gasteiger partial charge on any atom is -0.394 e. The van der Waals surface area contributed by atoms with Crippen LogP contribution < -0.4 is 5.32 Å². The molecule has 1 aromatic rings. The van der Waals surface area contributed by atoms with E-state index in [4.69, 9.17) is 0 Å². The summed E-state index contributed by atoms with van der Waals surface area (Å²) in [4.78, 5) is 0. The van der Waals surface area contributed by atoms with Gasteiger partial charge in [-0.3, -0.25) is 0 Å². The fraction of sp³-hybridized carbons (Fsp3) is 0.571. The molecule has 0 radical (unpaired) electrons. The van der Waals surface area contributed by atoms with E-state index in [0.29, 0.717) is 6.04 Å². The molecule has 1 unspecified atom stereocenters. The Hall–Kier alpha value is -0.860. The molecule has 2 nitrogen and oxygen atoms in total. The van der Waals surface area contributed by atoms with Gasteiger partial charge in [-0.05, 0) is 44.7 Å². The Labute approximate surface area is 97.7 Å². The van der Waals surface area contributed by atoms with Crippen molar-refractivity contribution >= 4 is 0 Å². The Balaban J connectivity index is 2.18. The summed E-state index contributed by atoms with van der Waals surface area (Å²) >= 11 is 0. The van der Waals surface area contributed by atoms with E-state index in [9.17, 15) is 5.11 Å². The van der Waals surface area contributed by atoms with Crippen LogP contribution in [0.25, 0.3) is 0 Å². The van der Waals surface area contributed by atoms with Crippen molar-refractivity contribution < 1.29 is 5.11 Å². The lowest BCUT2D eigenvalue weighted by Crippen LogP contribution is -2.44. The average Bonchev–Trinajstić information content (AvgIpc) is 2.60. The number of rotatable bonds is 3. The molecule has 0 saturated heterocycles. The van der Waals surface area contributed by atoms with Gasteiger partial charge >= 0.3 is 0 Å². The van der Waals surface area contributed by atoms with E-state index in [2.05, 4.69) is 30.4 Å². The topological polar surface area (TPSA) is 32.3 Å². The van der Waals surface area contributed by atoms with Crippen molar-refractivity contribution in [1.29, 1.82) is 0 Å². The summed E-state index contributed by atoms with van der Waals surface area (Å²) in [5, 5.41) is 12.8. The highest BCUT2D eigenvalue weighted by molar-refractivity contribution is 5.37. The second-order valence-corrected chi connectivity index (χ2v) is 5.48. The molecular formula is C14H21NO. The first-order chi connectivity index (χ1) is 7.52. The quantitative estimate of drug-likeness (QED) is 0.818. The highest BCUT2D eigenvalue weighted by atomic mass is 16.3. The van der Waals surface area contributed by atoms with Gasteiger partial charge in [0.25, 0.3) is 0 Å². The first kappa shape index (κ1) is 11.6. The van der Waals surface area contributed by atoms with Crippen molar-refractivity contribution in [3.8, 4) is 0 Å². The molecule has 0 bridgehead atoms. The van der Waals surface area contributed by atoms with E-state index in [0.717, 1.165) is 12.8 Å². The Morgan fingerprint density at radius 2 is 2.19 bits per heavy atom. The van der Waals surface area contributed by atoms with Crippen LogP contribution in [0.3, 0.4) is 0 Å². The van der Waals surface area contributed by atoms with Gasteiger partial charge in [0.1, 0.15) is 0 Å². The number of aliphatic hydroxyl groups excluding tert-OH is 1. The third kappa shape index (κ3) is 2.28. The van der Waals surface area contributed by atoms with Gasteiger partial charge in [-0.2, -0.15) is 0 Å². The molecule has 0 aliphatic heterocycles. The van der Waals surface area contributed by atoms with Crippen molar-refractivity contribution in [3.63, 3.8) is 0 Å². The Kier molecular flexibility index (Phi) is 3.04. The lowest BCUT2D eigenvalue weighted by atomic mass is 10.0. The number of hydrogen-bond acceptors (Lipinski definition) is 2. The van der Waals surface area contributed by atoms with Gasteiger partial charge < -0.3 is 10.4 Å². The van der Waals surface area contributed by atoms with Crippen LogP contribution in [0.1, 0.15) is 43.0 Å². The molecule has 1 aliphatic carbocycles. The molecule has 2 N–H and O–H groups in total. The van der Waals surface area contributed by atoms with Gasteiger partial charge in [-0.1, -0.05) is 23.8 Å². The normalized spacial score (nSPS) is 19.9. The fourth-order valence-electron chi connectivity index (χ4n) is 2.41. The first-order valence-electron chi connectivity index (χ1n) is 6.00. The molecule has 2 rings (SSSR count). The van der Waals surface area contributed by atoms with Crippen LogP contribution in [0.2, 0.25) is 0 Å². The third-order valence-electron chi connectivity index (χ3n) is 3.34. The van der Waals surface area contributed by atoms with E-state index >= 15 is 0 Å². The molecule has 1 aromatic carbocycles. The lowest BCUT2D eigenvalue weighted by Gasteiger charge is -2.28. The zero-order chi connectivity index (χ0) is 11.8. The fourth-order valence-corrected chi connectivity index (χ4v) is 2.41. The van der Waals surface area contributed by atoms with Gasteiger partial charge in [-0.25, -0.2) is 0 Å². The highest BCUT2D eigenvalue weighted by Crippen LogP contribution is 2.32. The molecule has 2 heteroatoms. The summed E-state index contributed by atoms with van der Waals surface area (Å²) in [6, 6.07) is 7.08. The molecule has 1 atom stereocenters. The molecule has 0 aromatic heterocycles. The van der Waals surface area contributed by atoms with Gasteiger partial charge in [-0.15, -0.1) is 0 Å². The third-order valence-corrected chi connectivity index (χ3v) is 3.34. The Morgan fingerprint density at radius 1 is 1.44 bits per heavy atom. The molecule has 0 spiro atoms. The monoisotopic (exact) mass is 219 g/mol. The SMILES string of the molecule is Cc1ccc2c(c1)CCC2NC(C)(C)CO. The zero-order valence-corrected chi connectivity index (χ0v) is 10.4. The molecule has 0 amide bonds. The molecule has 0 fully saturated rings. The summed E-state index contributed by atoms with van der Waals surface area (Å²) in [7, 11) is 0. The summed E-state index contributed by atoms with van der Waals surface area (Å²) in [6.07, 6.45) is 2.29. The van der Waals surface area contributed by atoms with Crippen LogP contribution in [0, 0.1) is 6.92 Å². The lowest BCUT2D eigenvalue weighted by molar-refractivity contribution is 0.175. The molecule has 1 aliphatic rings. The highest BCUT2D eigenvalue weighted by Gasteiger charge is 2.27. The standard InChI is InChI=1S/C14H21NO/c1-10-4-6-12-11(8-10)5-7-13(12)15-14(2,3)9-16/h4,6,8,13,15-16H,5,7,9H2,1-3H3. The molecule has 0 saturated carbocycles. The van der Waals surface area contributed by atoms with Gasteiger partial charge in [0, 0.05) is 11.6 Å².